The van der Waals surface area contributed by atoms with E-state index in [0.717, 1.165) is 0 Å². The van der Waals surface area contributed by atoms with Gasteiger partial charge in [-0.25, -0.2) is 0 Å². The van der Waals surface area contributed by atoms with E-state index in [1.165, 1.54) is 26.4 Å². The van der Waals surface area contributed by atoms with Crippen molar-refractivity contribution in [3.05, 3.63) is 17.7 Å². The molecule has 0 aliphatic rings. The maximum atomic E-state index is 11.0. The quantitative estimate of drug-likeness (QED) is 0.794. The topological polar surface area (TPSA) is 72.8 Å². The second kappa shape index (κ2) is 4.08. The van der Waals surface area contributed by atoms with Crippen LogP contribution in [0, 0.1) is 6.92 Å². The van der Waals surface area contributed by atoms with Gasteiger partial charge in [0.05, 0.1) is 14.2 Å². The Kier molecular flexibility index (Phi) is 3.21. The maximum absolute atomic E-state index is 11.0. The van der Waals surface area contributed by atoms with Crippen LogP contribution in [0.1, 0.15) is 5.56 Å². The summed E-state index contributed by atoms with van der Waals surface area (Å²) in [5.41, 5.74) is 0.603. The van der Waals surface area contributed by atoms with Crippen LogP contribution < -0.4 is 9.47 Å². The molecule has 0 spiro atoms. The highest BCUT2D eigenvalue weighted by atomic mass is 32.2. The molecule has 1 aromatic rings. The Bertz CT molecular complexity index is 464. The summed E-state index contributed by atoms with van der Waals surface area (Å²) in [6, 6.07) is 2.71. The summed E-state index contributed by atoms with van der Waals surface area (Å²) in [6.07, 6.45) is 0. The Morgan fingerprint density at radius 3 is 2.07 bits per heavy atom. The van der Waals surface area contributed by atoms with Gasteiger partial charge in [0, 0.05) is 6.07 Å². The summed E-state index contributed by atoms with van der Waals surface area (Å²) in [5.74, 6) is 0.555. The zero-order valence-electron chi connectivity index (χ0n) is 8.64. The fraction of sp³-hybridized carbons (Fsp3) is 0.333. The fourth-order valence-corrected chi connectivity index (χ4v) is 1.95. The van der Waals surface area contributed by atoms with Crippen LogP contribution in [0.3, 0.4) is 0 Å². The van der Waals surface area contributed by atoms with Crippen molar-refractivity contribution in [3.8, 4) is 11.5 Å². The van der Waals surface area contributed by atoms with Crippen LogP contribution in [0.2, 0.25) is 0 Å². The minimum atomic E-state index is -4.27. The van der Waals surface area contributed by atoms with Gasteiger partial charge in [0.15, 0.2) is 0 Å². The summed E-state index contributed by atoms with van der Waals surface area (Å²) >= 11 is 0. The minimum Gasteiger partial charge on any atom is -0.496 e. The van der Waals surface area contributed by atoms with E-state index in [9.17, 15) is 8.42 Å². The monoisotopic (exact) mass is 232 g/mol. The highest BCUT2D eigenvalue weighted by molar-refractivity contribution is 7.86. The van der Waals surface area contributed by atoms with E-state index in [-0.39, 0.29) is 10.6 Å². The van der Waals surface area contributed by atoms with E-state index in [1.807, 2.05) is 0 Å². The zero-order chi connectivity index (χ0) is 11.6. The molecule has 84 valence electrons. The third-order valence-electron chi connectivity index (χ3n) is 1.96. The van der Waals surface area contributed by atoms with Crippen molar-refractivity contribution in [2.75, 3.05) is 14.2 Å². The predicted molar refractivity (Wildman–Crippen MR) is 54.1 cm³/mol. The largest absolute Gasteiger partial charge is 0.496 e. The second-order valence-corrected chi connectivity index (χ2v) is 4.34. The Balaban J connectivity index is 3.48. The first-order chi connectivity index (χ1) is 6.90. The number of aryl methyl sites for hydroxylation is 1. The van der Waals surface area contributed by atoms with Gasteiger partial charge in [-0.2, -0.15) is 8.42 Å². The van der Waals surface area contributed by atoms with Crippen molar-refractivity contribution in [1.29, 1.82) is 0 Å². The highest BCUT2D eigenvalue weighted by Gasteiger charge is 2.18. The molecule has 1 aromatic carbocycles. The van der Waals surface area contributed by atoms with Gasteiger partial charge in [-0.1, -0.05) is 0 Å². The summed E-state index contributed by atoms with van der Waals surface area (Å²) in [5, 5.41) is 0. The van der Waals surface area contributed by atoms with Crippen LogP contribution in [-0.2, 0) is 10.1 Å². The van der Waals surface area contributed by atoms with Crippen LogP contribution in [0.15, 0.2) is 17.0 Å². The molecule has 0 radical (unpaired) electrons. The zero-order valence-corrected chi connectivity index (χ0v) is 9.46. The van der Waals surface area contributed by atoms with Crippen molar-refractivity contribution >= 4 is 10.1 Å². The lowest BCUT2D eigenvalue weighted by Crippen LogP contribution is -2.03. The number of ether oxygens (including phenoxy) is 2. The minimum absolute atomic E-state index is 0.0555. The van der Waals surface area contributed by atoms with Crippen molar-refractivity contribution in [2.24, 2.45) is 0 Å². The summed E-state index contributed by atoms with van der Waals surface area (Å²) in [4.78, 5) is -0.261. The summed E-state index contributed by atoms with van der Waals surface area (Å²) < 4.78 is 40.8. The van der Waals surface area contributed by atoms with E-state index >= 15 is 0 Å². The average Bonchev–Trinajstić information content (AvgIpc) is 2.16. The van der Waals surface area contributed by atoms with Crippen molar-refractivity contribution in [3.63, 3.8) is 0 Å². The van der Waals surface area contributed by atoms with Gasteiger partial charge in [-0.05, 0) is 18.6 Å². The smallest absolute Gasteiger partial charge is 0.298 e. The van der Waals surface area contributed by atoms with E-state index in [2.05, 4.69) is 0 Å². The summed E-state index contributed by atoms with van der Waals surface area (Å²) in [6.45, 7) is 1.67. The van der Waals surface area contributed by atoms with Crippen LogP contribution in [0.25, 0.3) is 0 Å². The number of methoxy groups -OCH3 is 2. The van der Waals surface area contributed by atoms with Gasteiger partial charge >= 0.3 is 0 Å². The molecule has 6 heteroatoms. The maximum Gasteiger partial charge on any atom is 0.298 e. The number of hydrogen-bond acceptors (Lipinski definition) is 4. The van der Waals surface area contributed by atoms with Crippen molar-refractivity contribution in [1.82, 2.24) is 0 Å². The third kappa shape index (κ3) is 2.40. The lowest BCUT2D eigenvalue weighted by molar-refractivity contribution is 0.381. The molecule has 0 saturated carbocycles. The molecule has 0 heterocycles. The predicted octanol–water partition coefficient (Wildman–Crippen LogP) is 1.26. The average molecular weight is 232 g/mol. The standard InChI is InChI=1S/C9H12O5S/c1-6-4-9(15(10,11)12)8(14-3)5-7(6)13-2/h4-5H,1-3H3,(H,10,11,12). The second-order valence-electron chi connectivity index (χ2n) is 2.95. The number of rotatable bonds is 3. The molecule has 0 atom stereocenters. The van der Waals surface area contributed by atoms with E-state index in [4.69, 9.17) is 14.0 Å². The summed E-state index contributed by atoms with van der Waals surface area (Å²) in [7, 11) is -1.49. The molecule has 0 unspecified atom stereocenters. The van der Waals surface area contributed by atoms with E-state index < -0.39 is 10.1 Å². The number of benzene rings is 1. The van der Waals surface area contributed by atoms with Crippen LogP contribution in [0.5, 0.6) is 11.5 Å². The van der Waals surface area contributed by atoms with Crippen molar-refractivity contribution < 1.29 is 22.4 Å². The fourth-order valence-electron chi connectivity index (χ4n) is 1.22. The molecular formula is C9H12O5S. The molecule has 0 amide bonds. The van der Waals surface area contributed by atoms with Crippen LogP contribution >= 0.6 is 0 Å². The van der Waals surface area contributed by atoms with Crippen LogP contribution in [0.4, 0.5) is 0 Å². The molecule has 1 N–H and O–H groups in total. The molecule has 0 aliphatic carbocycles. The molecule has 0 bridgehead atoms. The molecule has 0 aliphatic heterocycles. The first-order valence-corrected chi connectivity index (χ1v) is 5.54. The molecular weight excluding hydrogens is 220 g/mol. The highest BCUT2D eigenvalue weighted by Crippen LogP contribution is 2.31. The van der Waals surface area contributed by atoms with E-state index in [0.29, 0.717) is 11.3 Å². The third-order valence-corrected chi connectivity index (χ3v) is 2.83. The van der Waals surface area contributed by atoms with Gasteiger partial charge in [0.25, 0.3) is 10.1 Å². The molecule has 0 aromatic heterocycles. The first-order valence-electron chi connectivity index (χ1n) is 4.10. The first kappa shape index (κ1) is 11.8. The Morgan fingerprint density at radius 2 is 1.67 bits per heavy atom. The van der Waals surface area contributed by atoms with Gasteiger partial charge in [-0.15, -0.1) is 0 Å². The van der Waals surface area contributed by atoms with E-state index in [1.54, 1.807) is 6.92 Å². The molecule has 0 saturated heterocycles. The lowest BCUT2D eigenvalue weighted by Gasteiger charge is -2.10. The molecule has 0 fully saturated rings. The molecule has 1 rings (SSSR count). The molecule has 5 nitrogen and oxygen atoms in total. The van der Waals surface area contributed by atoms with Crippen LogP contribution in [-0.4, -0.2) is 27.2 Å². The SMILES string of the molecule is COc1cc(OC)c(S(=O)(=O)O)cc1C. The Hall–Kier alpha value is -1.27. The Morgan fingerprint density at radius 1 is 1.13 bits per heavy atom. The molecule has 15 heavy (non-hydrogen) atoms. The van der Waals surface area contributed by atoms with Gasteiger partial charge in [0.2, 0.25) is 0 Å². The lowest BCUT2D eigenvalue weighted by atomic mass is 10.2. The van der Waals surface area contributed by atoms with Gasteiger partial charge in [0.1, 0.15) is 16.4 Å². The number of hydrogen-bond donors (Lipinski definition) is 1. The van der Waals surface area contributed by atoms with Gasteiger partial charge in [-0.3, -0.25) is 4.55 Å². The van der Waals surface area contributed by atoms with Crippen molar-refractivity contribution in [2.45, 2.75) is 11.8 Å². The Labute approximate surface area is 88.4 Å². The van der Waals surface area contributed by atoms with Gasteiger partial charge < -0.3 is 9.47 Å². The normalized spacial score (nSPS) is 11.2.